The number of rotatable bonds is 14. The first kappa shape index (κ1) is 19.5. The van der Waals surface area contributed by atoms with Crippen molar-refractivity contribution in [2.45, 2.75) is 97.8 Å². The van der Waals surface area contributed by atoms with E-state index in [1.165, 1.54) is 57.8 Å². The van der Waals surface area contributed by atoms with Crippen molar-refractivity contribution in [3.63, 3.8) is 0 Å². The summed E-state index contributed by atoms with van der Waals surface area (Å²) in [4.78, 5) is 11.6. The molecule has 0 unspecified atom stereocenters. The minimum absolute atomic E-state index is 0.00549. The summed E-state index contributed by atoms with van der Waals surface area (Å²) in [5.41, 5.74) is 0. The third-order valence-electron chi connectivity index (χ3n) is 4.06. The van der Waals surface area contributed by atoms with Crippen LogP contribution in [0, 0.1) is 5.92 Å². The van der Waals surface area contributed by atoms with Gasteiger partial charge in [0.15, 0.2) is 0 Å². The average molecular weight is 284 g/mol. The van der Waals surface area contributed by atoms with Gasteiger partial charge in [-0.25, -0.2) is 0 Å². The zero-order valence-electron chi connectivity index (χ0n) is 14.1. The van der Waals surface area contributed by atoms with Crippen LogP contribution in [0.2, 0.25) is 0 Å². The van der Waals surface area contributed by atoms with E-state index in [4.69, 9.17) is 4.74 Å². The Bertz CT molecular complexity index is 209. The Balaban J connectivity index is 3.22. The van der Waals surface area contributed by atoms with Crippen LogP contribution >= 0.6 is 0 Å². The van der Waals surface area contributed by atoms with E-state index in [0.717, 1.165) is 19.3 Å². The molecule has 120 valence electrons. The molecule has 0 aromatic heterocycles. The standard InChI is InChI=1S/C18H36O2/c1-4-7-8-9-10-11-12-13-14-15-16-20-18(19)17(5-2)6-3/h17H,4-16H2,1-3H3. The second kappa shape index (κ2) is 14.9. The van der Waals surface area contributed by atoms with Gasteiger partial charge in [-0.05, 0) is 19.3 Å². The van der Waals surface area contributed by atoms with E-state index in [-0.39, 0.29) is 11.9 Å². The van der Waals surface area contributed by atoms with Gasteiger partial charge in [-0.1, -0.05) is 78.6 Å². The Morgan fingerprint density at radius 2 is 1.20 bits per heavy atom. The van der Waals surface area contributed by atoms with Crippen LogP contribution in [0.15, 0.2) is 0 Å². The molecule has 0 heterocycles. The molecule has 0 aliphatic carbocycles. The molecule has 0 saturated heterocycles. The molecule has 0 radical (unpaired) electrons. The maximum absolute atomic E-state index is 11.6. The van der Waals surface area contributed by atoms with E-state index in [0.29, 0.717) is 6.61 Å². The minimum atomic E-state index is 0.00549. The number of carbonyl (C=O) groups is 1. The highest BCUT2D eigenvalue weighted by molar-refractivity contribution is 5.72. The van der Waals surface area contributed by atoms with E-state index in [2.05, 4.69) is 20.8 Å². The molecule has 0 bridgehead atoms. The Hall–Kier alpha value is -0.530. The van der Waals surface area contributed by atoms with Gasteiger partial charge in [0.1, 0.15) is 0 Å². The van der Waals surface area contributed by atoms with Crippen LogP contribution in [0.25, 0.3) is 0 Å². The van der Waals surface area contributed by atoms with Gasteiger partial charge in [-0.3, -0.25) is 4.79 Å². The van der Waals surface area contributed by atoms with Gasteiger partial charge < -0.3 is 4.74 Å². The predicted octanol–water partition coefficient (Wildman–Crippen LogP) is 5.89. The lowest BCUT2D eigenvalue weighted by Gasteiger charge is -2.11. The largest absolute Gasteiger partial charge is 0.465 e. The van der Waals surface area contributed by atoms with Gasteiger partial charge in [0.05, 0.1) is 12.5 Å². The number of carbonyl (C=O) groups excluding carboxylic acids is 1. The molecule has 2 nitrogen and oxygen atoms in total. The lowest BCUT2D eigenvalue weighted by Crippen LogP contribution is -2.16. The van der Waals surface area contributed by atoms with Crippen molar-refractivity contribution >= 4 is 5.97 Å². The quantitative estimate of drug-likeness (QED) is 0.294. The highest BCUT2D eigenvalue weighted by atomic mass is 16.5. The third kappa shape index (κ3) is 11.3. The topological polar surface area (TPSA) is 26.3 Å². The van der Waals surface area contributed by atoms with E-state index < -0.39 is 0 Å². The molecule has 0 fully saturated rings. The molecule has 0 aromatic rings. The average Bonchev–Trinajstić information content (AvgIpc) is 2.46. The maximum atomic E-state index is 11.6. The Morgan fingerprint density at radius 3 is 1.65 bits per heavy atom. The van der Waals surface area contributed by atoms with Crippen LogP contribution in [0.3, 0.4) is 0 Å². The first-order valence-corrected chi connectivity index (χ1v) is 8.92. The maximum Gasteiger partial charge on any atom is 0.308 e. The lowest BCUT2D eigenvalue weighted by molar-refractivity contribution is -0.148. The fraction of sp³-hybridized carbons (Fsp3) is 0.944. The molecule has 20 heavy (non-hydrogen) atoms. The monoisotopic (exact) mass is 284 g/mol. The summed E-state index contributed by atoms with van der Waals surface area (Å²) in [6, 6.07) is 0. The molecular weight excluding hydrogens is 248 g/mol. The van der Waals surface area contributed by atoms with Crippen molar-refractivity contribution in [3.05, 3.63) is 0 Å². The van der Waals surface area contributed by atoms with Gasteiger partial charge in [0.25, 0.3) is 0 Å². The van der Waals surface area contributed by atoms with E-state index in [1.807, 2.05) is 0 Å². The highest BCUT2D eigenvalue weighted by Gasteiger charge is 2.14. The van der Waals surface area contributed by atoms with Crippen molar-refractivity contribution < 1.29 is 9.53 Å². The Kier molecular flexibility index (Phi) is 14.5. The molecule has 0 amide bonds. The van der Waals surface area contributed by atoms with Crippen molar-refractivity contribution in [1.29, 1.82) is 0 Å². The zero-order valence-corrected chi connectivity index (χ0v) is 14.1. The SMILES string of the molecule is CCCCCCCCCCCCOC(=O)C(CC)CC. The molecule has 0 aliphatic heterocycles. The van der Waals surface area contributed by atoms with E-state index in [9.17, 15) is 4.79 Å². The number of hydrogen-bond donors (Lipinski definition) is 0. The summed E-state index contributed by atoms with van der Waals surface area (Å²) >= 11 is 0. The molecule has 0 aromatic carbocycles. The molecular formula is C18H36O2. The molecule has 0 aliphatic rings. The van der Waals surface area contributed by atoms with Crippen LogP contribution in [0.5, 0.6) is 0 Å². The van der Waals surface area contributed by atoms with Gasteiger partial charge in [0.2, 0.25) is 0 Å². The zero-order chi connectivity index (χ0) is 15.1. The molecule has 0 N–H and O–H groups in total. The molecule has 0 spiro atoms. The summed E-state index contributed by atoms with van der Waals surface area (Å²) in [6.45, 7) is 6.98. The fourth-order valence-electron chi connectivity index (χ4n) is 2.50. The van der Waals surface area contributed by atoms with Gasteiger partial charge in [0, 0.05) is 0 Å². The second-order valence-electron chi connectivity index (χ2n) is 5.86. The first-order chi connectivity index (χ1) is 9.76. The highest BCUT2D eigenvalue weighted by Crippen LogP contribution is 2.12. The third-order valence-corrected chi connectivity index (χ3v) is 4.06. The van der Waals surface area contributed by atoms with Gasteiger partial charge in [-0.2, -0.15) is 0 Å². The Morgan fingerprint density at radius 1 is 0.750 bits per heavy atom. The second-order valence-corrected chi connectivity index (χ2v) is 5.86. The van der Waals surface area contributed by atoms with Crippen LogP contribution in [-0.4, -0.2) is 12.6 Å². The lowest BCUT2D eigenvalue weighted by atomic mass is 10.0. The molecule has 2 heteroatoms. The van der Waals surface area contributed by atoms with Crippen LogP contribution in [-0.2, 0) is 9.53 Å². The predicted molar refractivity (Wildman–Crippen MR) is 86.9 cm³/mol. The first-order valence-electron chi connectivity index (χ1n) is 8.92. The van der Waals surface area contributed by atoms with Crippen LogP contribution in [0.1, 0.15) is 97.8 Å². The van der Waals surface area contributed by atoms with Gasteiger partial charge >= 0.3 is 5.97 Å². The summed E-state index contributed by atoms with van der Waals surface area (Å²) in [6.07, 6.45) is 14.9. The summed E-state index contributed by atoms with van der Waals surface area (Å²) in [5, 5.41) is 0. The number of ether oxygens (including phenoxy) is 1. The van der Waals surface area contributed by atoms with Crippen molar-refractivity contribution in [3.8, 4) is 0 Å². The summed E-state index contributed by atoms with van der Waals surface area (Å²) < 4.78 is 5.32. The number of esters is 1. The number of hydrogen-bond acceptors (Lipinski definition) is 2. The summed E-state index contributed by atoms with van der Waals surface area (Å²) in [5.74, 6) is 0.115. The molecule has 0 rings (SSSR count). The molecule has 0 atom stereocenters. The normalized spacial score (nSPS) is 11.0. The minimum Gasteiger partial charge on any atom is -0.465 e. The van der Waals surface area contributed by atoms with Crippen molar-refractivity contribution in [2.75, 3.05) is 6.61 Å². The number of unbranched alkanes of at least 4 members (excludes halogenated alkanes) is 9. The Labute approximate surface area is 126 Å². The van der Waals surface area contributed by atoms with Crippen molar-refractivity contribution in [2.24, 2.45) is 5.92 Å². The molecule has 0 saturated carbocycles. The smallest absolute Gasteiger partial charge is 0.308 e. The van der Waals surface area contributed by atoms with Crippen LogP contribution < -0.4 is 0 Å². The van der Waals surface area contributed by atoms with Crippen LogP contribution in [0.4, 0.5) is 0 Å². The van der Waals surface area contributed by atoms with Gasteiger partial charge in [-0.15, -0.1) is 0 Å². The van der Waals surface area contributed by atoms with E-state index in [1.54, 1.807) is 0 Å². The van der Waals surface area contributed by atoms with Crippen molar-refractivity contribution in [1.82, 2.24) is 0 Å². The summed E-state index contributed by atoms with van der Waals surface area (Å²) in [7, 11) is 0. The van der Waals surface area contributed by atoms with E-state index >= 15 is 0 Å². The fourth-order valence-corrected chi connectivity index (χ4v) is 2.50.